The molecule has 3 aromatic rings. The third-order valence-electron chi connectivity index (χ3n) is 5.04. The Labute approximate surface area is 179 Å². The smallest absolute Gasteiger partial charge is 0.244 e. The van der Waals surface area contributed by atoms with Crippen molar-refractivity contribution in [1.82, 2.24) is 10.3 Å². The van der Waals surface area contributed by atoms with Crippen molar-refractivity contribution in [3.05, 3.63) is 70.3 Å². The Morgan fingerprint density at radius 3 is 2.90 bits per heavy atom. The van der Waals surface area contributed by atoms with E-state index in [0.29, 0.717) is 29.6 Å². The second-order valence-corrected chi connectivity index (χ2v) is 7.74. The summed E-state index contributed by atoms with van der Waals surface area (Å²) in [5, 5.41) is 3.43. The molecule has 1 aliphatic heterocycles. The molecule has 1 aliphatic rings. The molecule has 2 aromatic heterocycles. The number of hydrogen-bond donors (Lipinski definition) is 2. The molecule has 3 N–H and O–H groups in total. The number of nitrogen functional groups attached to an aromatic ring is 1. The van der Waals surface area contributed by atoms with E-state index in [2.05, 4.69) is 16.4 Å². The average molecular weight is 424 g/mol. The van der Waals surface area contributed by atoms with E-state index in [-0.39, 0.29) is 12.0 Å². The van der Waals surface area contributed by atoms with Crippen molar-refractivity contribution in [3.63, 3.8) is 0 Å². The highest BCUT2D eigenvalue weighted by Crippen LogP contribution is 2.41. The van der Waals surface area contributed by atoms with Gasteiger partial charge in [-0.1, -0.05) is 11.6 Å². The molecule has 7 heteroatoms. The summed E-state index contributed by atoms with van der Waals surface area (Å²) in [6.45, 7) is 4.33. The van der Waals surface area contributed by atoms with Crippen LogP contribution >= 0.6 is 11.6 Å². The van der Waals surface area contributed by atoms with Crippen LogP contribution in [0.2, 0.25) is 5.02 Å². The van der Waals surface area contributed by atoms with Crippen LogP contribution in [0.25, 0.3) is 17.2 Å². The first kappa shape index (κ1) is 20.0. The Hall–Kier alpha value is -3.25. The number of anilines is 1. The van der Waals surface area contributed by atoms with Gasteiger partial charge in [0.25, 0.3) is 0 Å². The lowest BCUT2D eigenvalue weighted by Gasteiger charge is -2.11. The van der Waals surface area contributed by atoms with E-state index in [1.807, 2.05) is 19.9 Å². The summed E-state index contributed by atoms with van der Waals surface area (Å²) < 4.78 is 11.5. The number of rotatable bonds is 5. The van der Waals surface area contributed by atoms with Crippen molar-refractivity contribution < 1.29 is 13.9 Å². The highest BCUT2D eigenvalue weighted by atomic mass is 35.5. The number of ether oxygens (including phenoxy) is 1. The lowest BCUT2D eigenvalue weighted by atomic mass is 9.99. The van der Waals surface area contributed by atoms with Crippen LogP contribution in [0.3, 0.4) is 0 Å². The Morgan fingerprint density at radius 2 is 2.20 bits per heavy atom. The van der Waals surface area contributed by atoms with E-state index in [1.165, 1.54) is 6.08 Å². The number of carbonyl (C=O) groups excluding carboxylic acids is 1. The zero-order valence-electron chi connectivity index (χ0n) is 16.7. The van der Waals surface area contributed by atoms with Gasteiger partial charge in [-0.2, -0.15) is 0 Å². The van der Waals surface area contributed by atoms with Gasteiger partial charge in [-0.05, 0) is 60.9 Å². The number of nitrogens with two attached hydrogens (primary N) is 1. The molecule has 0 saturated carbocycles. The quantitative estimate of drug-likeness (QED) is 0.596. The molecule has 0 fully saturated rings. The number of amides is 1. The van der Waals surface area contributed by atoms with Gasteiger partial charge in [-0.15, -0.1) is 0 Å². The van der Waals surface area contributed by atoms with Crippen molar-refractivity contribution >= 4 is 29.4 Å². The molecule has 1 atom stereocenters. The number of benzene rings is 1. The fourth-order valence-corrected chi connectivity index (χ4v) is 3.89. The van der Waals surface area contributed by atoms with Gasteiger partial charge in [0.15, 0.2) is 0 Å². The number of aryl methyl sites for hydroxylation is 2. The van der Waals surface area contributed by atoms with Crippen LogP contribution < -0.4 is 15.8 Å². The number of nitrogens with one attached hydrogen (secondary N) is 1. The number of carbonyl (C=O) groups is 1. The summed E-state index contributed by atoms with van der Waals surface area (Å²) in [4.78, 5) is 16.1. The van der Waals surface area contributed by atoms with Gasteiger partial charge in [0.05, 0.1) is 17.8 Å². The predicted octanol–water partition coefficient (Wildman–Crippen LogP) is 4.33. The first-order valence-electron chi connectivity index (χ1n) is 9.62. The number of nitrogens with zero attached hydrogens (tertiary/aromatic N) is 1. The van der Waals surface area contributed by atoms with Gasteiger partial charge in [-0.25, -0.2) is 4.98 Å². The number of fused-ring (bicyclic) bond motifs is 1. The minimum atomic E-state index is -0.206. The van der Waals surface area contributed by atoms with Crippen molar-refractivity contribution in [3.8, 4) is 16.9 Å². The van der Waals surface area contributed by atoms with Crippen molar-refractivity contribution in [2.75, 3.05) is 12.3 Å². The minimum absolute atomic E-state index is 0.171. The second kappa shape index (κ2) is 8.24. The van der Waals surface area contributed by atoms with E-state index >= 15 is 0 Å². The minimum Gasteiger partial charge on any atom is -0.486 e. The zero-order chi connectivity index (χ0) is 21.3. The summed E-state index contributed by atoms with van der Waals surface area (Å²) in [5.74, 6) is 1.77. The molecule has 4 rings (SSSR count). The molecule has 0 saturated heterocycles. The fraction of sp³-hybridized carbons (Fsp3) is 0.217. The van der Waals surface area contributed by atoms with Crippen LogP contribution in [0.1, 0.15) is 22.5 Å². The van der Waals surface area contributed by atoms with E-state index in [1.54, 1.807) is 30.7 Å². The van der Waals surface area contributed by atoms with Gasteiger partial charge in [0, 0.05) is 29.8 Å². The average Bonchev–Trinajstić information content (AvgIpc) is 3.28. The maximum Gasteiger partial charge on any atom is 0.244 e. The summed E-state index contributed by atoms with van der Waals surface area (Å²) >= 11 is 6.48. The Balaban J connectivity index is 1.39. The van der Waals surface area contributed by atoms with Gasteiger partial charge in [-0.3, -0.25) is 4.79 Å². The summed E-state index contributed by atoms with van der Waals surface area (Å²) in [6, 6.07) is 7.47. The van der Waals surface area contributed by atoms with Crippen molar-refractivity contribution in [2.45, 2.75) is 26.4 Å². The van der Waals surface area contributed by atoms with Crippen LogP contribution in [-0.4, -0.2) is 23.5 Å². The molecule has 154 valence electrons. The SMILES string of the molecule is Cc1coc(C)c1-c1cc(Cl)c2c(c1)CC(CNC(=O)/C=C/c1ccc(N)nc1)O2. The van der Waals surface area contributed by atoms with Crippen molar-refractivity contribution in [1.29, 1.82) is 0 Å². The molecule has 1 aromatic carbocycles. The molecule has 1 unspecified atom stereocenters. The largest absolute Gasteiger partial charge is 0.486 e. The zero-order valence-corrected chi connectivity index (χ0v) is 17.5. The van der Waals surface area contributed by atoms with E-state index in [4.69, 9.17) is 26.5 Å². The topological polar surface area (TPSA) is 90.4 Å². The van der Waals surface area contributed by atoms with Gasteiger partial charge < -0.3 is 20.2 Å². The highest BCUT2D eigenvalue weighted by molar-refractivity contribution is 6.32. The number of pyridine rings is 1. The lowest BCUT2D eigenvalue weighted by molar-refractivity contribution is -0.116. The second-order valence-electron chi connectivity index (χ2n) is 7.34. The molecule has 6 nitrogen and oxygen atoms in total. The monoisotopic (exact) mass is 423 g/mol. The van der Waals surface area contributed by atoms with Gasteiger partial charge in [0.2, 0.25) is 5.91 Å². The molecule has 30 heavy (non-hydrogen) atoms. The summed E-state index contributed by atoms with van der Waals surface area (Å²) in [5.41, 5.74) is 10.5. The Morgan fingerprint density at radius 1 is 1.37 bits per heavy atom. The molecular weight excluding hydrogens is 402 g/mol. The summed E-state index contributed by atoms with van der Waals surface area (Å²) in [7, 11) is 0. The molecule has 0 radical (unpaired) electrons. The molecule has 0 aliphatic carbocycles. The number of aromatic nitrogens is 1. The van der Waals surface area contributed by atoms with Crippen LogP contribution in [0.5, 0.6) is 5.75 Å². The van der Waals surface area contributed by atoms with Gasteiger partial charge in [0.1, 0.15) is 23.4 Å². The highest BCUT2D eigenvalue weighted by Gasteiger charge is 2.27. The number of halogens is 1. The maximum atomic E-state index is 12.1. The van der Waals surface area contributed by atoms with Gasteiger partial charge >= 0.3 is 0 Å². The normalized spacial score (nSPS) is 15.2. The number of furan rings is 1. The molecule has 1 amide bonds. The van der Waals surface area contributed by atoms with Crippen LogP contribution in [-0.2, 0) is 11.2 Å². The van der Waals surface area contributed by atoms with Crippen LogP contribution in [0, 0.1) is 13.8 Å². The third-order valence-corrected chi connectivity index (χ3v) is 5.32. The standard InChI is InChI=1S/C23H22ClN3O3/c1-13-12-29-14(2)22(13)16-7-17-8-18(30-23(17)19(24)9-16)11-27-21(28)6-4-15-3-5-20(25)26-10-15/h3-7,9-10,12,18H,8,11H2,1-2H3,(H2,25,26)(H,27,28)/b6-4+. The van der Waals surface area contributed by atoms with Crippen LogP contribution in [0.15, 0.2) is 47.2 Å². The van der Waals surface area contributed by atoms with E-state index in [0.717, 1.165) is 33.6 Å². The van der Waals surface area contributed by atoms with E-state index in [9.17, 15) is 4.79 Å². The Bertz CT molecular complexity index is 1100. The van der Waals surface area contributed by atoms with Crippen LogP contribution in [0.4, 0.5) is 5.82 Å². The Kier molecular flexibility index (Phi) is 5.50. The molecular formula is C23H22ClN3O3. The van der Waals surface area contributed by atoms with E-state index < -0.39 is 0 Å². The fourth-order valence-electron chi connectivity index (χ4n) is 3.61. The maximum absolute atomic E-state index is 12.1. The molecule has 3 heterocycles. The summed E-state index contributed by atoms with van der Waals surface area (Å²) in [6.07, 6.45) is 7.00. The molecule has 0 bridgehead atoms. The molecule has 0 spiro atoms. The first-order chi connectivity index (χ1) is 14.4. The lowest BCUT2D eigenvalue weighted by Crippen LogP contribution is -2.33. The predicted molar refractivity (Wildman–Crippen MR) is 117 cm³/mol. The number of hydrogen-bond acceptors (Lipinski definition) is 5. The third kappa shape index (κ3) is 4.19. The first-order valence-corrected chi connectivity index (χ1v) is 10.00. The van der Waals surface area contributed by atoms with Crippen molar-refractivity contribution in [2.24, 2.45) is 0 Å².